The van der Waals surface area contributed by atoms with E-state index >= 15 is 0 Å². The Morgan fingerprint density at radius 3 is 2.85 bits per heavy atom. The van der Waals surface area contributed by atoms with Gasteiger partial charge >= 0.3 is 0 Å². The first-order valence-corrected chi connectivity index (χ1v) is 6.99. The lowest BCUT2D eigenvalue weighted by Gasteiger charge is -2.32. The van der Waals surface area contributed by atoms with Crippen molar-refractivity contribution in [3.05, 3.63) is 24.3 Å². The van der Waals surface area contributed by atoms with Gasteiger partial charge in [-0.25, -0.2) is 0 Å². The summed E-state index contributed by atoms with van der Waals surface area (Å²) in [4.78, 5) is 25.7. The van der Waals surface area contributed by atoms with Gasteiger partial charge in [-0.15, -0.1) is 0 Å². The molecule has 5 nitrogen and oxygen atoms in total. The van der Waals surface area contributed by atoms with Crippen LogP contribution in [0.4, 0.5) is 5.69 Å². The second-order valence-corrected chi connectivity index (χ2v) is 4.76. The zero-order valence-corrected chi connectivity index (χ0v) is 11.9. The van der Waals surface area contributed by atoms with Gasteiger partial charge in [0, 0.05) is 11.8 Å². The molecule has 1 aliphatic rings. The van der Waals surface area contributed by atoms with E-state index in [9.17, 15) is 9.59 Å². The molecule has 108 valence electrons. The van der Waals surface area contributed by atoms with Gasteiger partial charge in [-0.3, -0.25) is 9.59 Å². The molecule has 0 radical (unpaired) electrons. The second-order valence-electron chi connectivity index (χ2n) is 4.76. The summed E-state index contributed by atoms with van der Waals surface area (Å²) in [6, 6.07) is 6.86. The molecule has 5 heteroatoms. The van der Waals surface area contributed by atoms with Crippen LogP contribution in [-0.4, -0.2) is 31.0 Å². The topological polar surface area (TPSA) is 58.6 Å². The number of carbonyl (C=O) groups is 2. The number of hydrogen-bond donors (Lipinski definition) is 1. The van der Waals surface area contributed by atoms with E-state index in [1.54, 1.807) is 6.07 Å². The van der Waals surface area contributed by atoms with Crippen molar-refractivity contribution in [1.82, 2.24) is 5.32 Å². The monoisotopic (exact) mass is 276 g/mol. The van der Waals surface area contributed by atoms with Crippen LogP contribution < -0.4 is 15.0 Å². The quantitative estimate of drug-likeness (QED) is 0.890. The van der Waals surface area contributed by atoms with Crippen LogP contribution in [0.3, 0.4) is 0 Å². The van der Waals surface area contributed by atoms with Crippen molar-refractivity contribution in [2.45, 2.75) is 32.7 Å². The maximum atomic E-state index is 12.4. The highest BCUT2D eigenvalue weighted by Gasteiger charge is 2.32. The SMILES string of the molecule is CCCC1NC(=O)CN(c2cccc(OCC)c2)C1=O. The summed E-state index contributed by atoms with van der Waals surface area (Å²) in [6.45, 7) is 4.53. The number of piperazine rings is 1. The molecule has 0 saturated carbocycles. The molecule has 1 aromatic carbocycles. The highest BCUT2D eigenvalue weighted by atomic mass is 16.5. The largest absolute Gasteiger partial charge is 0.494 e. The summed E-state index contributed by atoms with van der Waals surface area (Å²) in [5, 5.41) is 2.75. The molecule has 2 rings (SSSR count). The fourth-order valence-corrected chi connectivity index (χ4v) is 2.32. The van der Waals surface area contributed by atoms with Crippen molar-refractivity contribution >= 4 is 17.5 Å². The van der Waals surface area contributed by atoms with Crippen molar-refractivity contribution < 1.29 is 14.3 Å². The molecule has 1 N–H and O–H groups in total. The molecular weight excluding hydrogens is 256 g/mol. The van der Waals surface area contributed by atoms with Crippen LogP contribution in [0, 0.1) is 0 Å². The molecule has 0 aromatic heterocycles. The molecular formula is C15H20N2O3. The van der Waals surface area contributed by atoms with Gasteiger partial charge in [0.2, 0.25) is 11.8 Å². The average molecular weight is 276 g/mol. The fourth-order valence-electron chi connectivity index (χ4n) is 2.32. The lowest BCUT2D eigenvalue weighted by Crippen LogP contribution is -2.58. The van der Waals surface area contributed by atoms with Crippen molar-refractivity contribution in [2.24, 2.45) is 0 Å². The predicted molar refractivity (Wildman–Crippen MR) is 76.8 cm³/mol. The molecule has 1 atom stereocenters. The fraction of sp³-hybridized carbons (Fsp3) is 0.467. The Bertz CT molecular complexity index is 502. The number of amides is 2. The van der Waals surface area contributed by atoms with Crippen LogP contribution in [-0.2, 0) is 9.59 Å². The number of nitrogens with one attached hydrogen (secondary N) is 1. The molecule has 20 heavy (non-hydrogen) atoms. The molecule has 0 aliphatic carbocycles. The van der Waals surface area contributed by atoms with Crippen molar-refractivity contribution in [3.63, 3.8) is 0 Å². The van der Waals surface area contributed by atoms with E-state index < -0.39 is 6.04 Å². The first-order valence-electron chi connectivity index (χ1n) is 6.99. The lowest BCUT2D eigenvalue weighted by molar-refractivity contribution is -0.131. The minimum Gasteiger partial charge on any atom is -0.494 e. The number of benzene rings is 1. The van der Waals surface area contributed by atoms with Crippen molar-refractivity contribution in [1.29, 1.82) is 0 Å². The Kier molecular flexibility index (Phi) is 4.61. The summed E-state index contributed by atoms with van der Waals surface area (Å²) in [6.07, 6.45) is 1.51. The Hall–Kier alpha value is -2.04. The zero-order valence-electron chi connectivity index (χ0n) is 11.9. The van der Waals surface area contributed by atoms with Gasteiger partial charge in [-0.1, -0.05) is 19.4 Å². The Morgan fingerprint density at radius 2 is 2.15 bits per heavy atom. The van der Waals surface area contributed by atoms with Crippen LogP contribution in [0.25, 0.3) is 0 Å². The molecule has 1 unspecified atom stereocenters. The Balaban J connectivity index is 2.23. The minimum atomic E-state index is -0.419. The summed E-state index contributed by atoms with van der Waals surface area (Å²) >= 11 is 0. The molecule has 0 spiro atoms. The third-order valence-electron chi connectivity index (χ3n) is 3.22. The number of ether oxygens (including phenoxy) is 1. The van der Waals surface area contributed by atoms with E-state index in [1.807, 2.05) is 32.0 Å². The Labute approximate surface area is 118 Å². The third kappa shape index (κ3) is 3.10. The molecule has 1 aromatic rings. The van der Waals surface area contributed by atoms with E-state index in [4.69, 9.17) is 4.74 Å². The molecule has 0 bridgehead atoms. The first kappa shape index (κ1) is 14.4. The summed E-state index contributed by atoms with van der Waals surface area (Å²) in [7, 11) is 0. The summed E-state index contributed by atoms with van der Waals surface area (Å²) < 4.78 is 5.44. The predicted octanol–water partition coefficient (Wildman–Crippen LogP) is 1.72. The minimum absolute atomic E-state index is 0.0555. The van der Waals surface area contributed by atoms with E-state index in [1.165, 1.54) is 4.90 Å². The standard InChI is InChI=1S/C15H20N2O3/c1-3-6-13-15(19)17(10-14(18)16-13)11-7-5-8-12(9-11)20-4-2/h5,7-9,13H,3-4,6,10H2,1-2H3,(H,16,18). The van der Waals surface area contributed by atoms with Gasteiger partial charge in [0.15, 0.2) is 0 Å². The highest BCUT2D eigenvalue weighted by Crippen LogP contribution is 2.23. The number of carbonyl (C=O) groups excluding carboxylic acids is 2. The molecule has 1 aliphatic heterocycles. The van der Waals surface area contributed by atoms with E-state index in [0.29, 0.717) is 24.5 Å². The van der Waals surface area contributed by atoms with Gasteiger partial charge in [0.05, 0.1) is 6.61 Å². The van der Waals surface area contributed by atoms with Crippen molar-refractivity contribution in [3.8, 4) is 5.75 Å². The smallest absolute Gasteiger partial charge is 0.250 e. The van der Waals surface area contributed by atoms with Gasteiger partial charge in [-0.05, 0) is 25.5 Å². The number of anilines is 1. The lowest BCUT2D eigenvalue weighted by atomic mass is 10.1. The zero-order chi connectivity index (χ0) is 14.5. The summed E-state index contributed by atoms with van der Waals surface area (Å²) in [5.41, 5.74) is 0.705. The molecule has 1 heterocycles. The second kappa shape index (κ2) is 6.41. The van der Waals surface area contributed by atoms with Gasteiger partial charge in [0.1, 0.15) is 18.3 Å². The van der Waals surface area contributed by atoms with E-state index in [2.05, 4.69) is 5.32 Å². The van der Waals surface area contributed by atoms with E-state index in [0.717, 1.165) is 6.42 Å². The van der Waals surface area contributed by atoms with Gasteiger partial charge < -0.3 is 15.0 Å². The maximum Gasteiger partial charge on any atom is 0.250 e. The van der Waals surface area contributed by atoms with E-state index in [-0.39, 0.29) is 18.4 Å². The molecule has 1 saturated heterocycles. The van der Waals surface area contributed by atoms with Crippen LogP contribution >= 0.6 is 0 Å². The number of rotatable bonds is 5. The van der Waals surface area contributed by atoms with Crippen LogP contribution in [0.5, 0.6) is 5.75 Å². The van der Waals surface area contributed by atoms with Crippen molar-refractivity contribution in [2.75, 3.05) is 18.1 Å². The normalized spacial score (nSPS) is 18.9. The average Bonchev–Trinajstić information content (AvgIpc) is 2.43. The Morgan fingerprint density at radius 1 is 1.35 bits per heavy atom. The number of nitrogens with zero attached hydrogens (tertiary/aromatic N) is 1. The molecule has 2 amide bonds. The maximum absolute atomic E-state index is 12.4. The summed E-state index contributed by atoms with van der Waals surface area (Å²) in [5.74, 6) is 0.529. The van der Waals surface area contributed by atoms with Crippen LogP contribution in [0.2, 0.25) is 0 Å². The van der Waals surface area contributed by atoms with Crippen LogP contribution in [0.15, 0.2) is 24.3 Å². The number of hydrogen-bond acceptors (Lipinski definition) is 3. The molecule has 1 fully saturated rings. The third-order valence-corrected chi connectivity index (χ3v) is 3.22. The first-order chi connectivity index (χ1) is 9.65. The van der Waals surface area contributed by atoms with Crippen LogP contribution in [0.1, 0.15) is 26.7 Å². The van der Waals surface area contributed by atoms with Gasteiger partial charge in [-0.2, -0.15) is 0 Å². The van der Waals surface area contributed by atoms with Gasteiger partial charge in [0.25, 0.3) is 0 Å². The highest BCUT2D eigenvalue weighted by molar-refractivity contribution is 6.06.